The van der Waals surface area contributed by atoms with Gasteiger partial charge in [0.05, 0.1) is 19.3 Å². The Labute approximate surface area is 105 Å². The smallest absolute Gasteiger partial charge is 0.162 e. The largest absolute Gasteiger partial charge is 0.349 e. The van der Waals surface area contributed by atoms with Crippen molar-refractivity contribution in [1.82, 2.24) is 5.32 Å². The summed E-state index contributed by atoms with van der Waals surface area (Å²) in [5, 5.41) is 3.59. The van der Waals surface area contributed by atoms with E-state index in [-0.39, 0.29) is 0 Å². The van der Waals surface area contributed by atoms with E-state index in [4.69, 9.17) is 9.47 Å². The molecule has 0 aromatic heterocycles. The fourth-order valence-corrected chi connectivity index (χ4v) is 2.68. The van der Waals surface area contributed by atoms with Gasteiger partial charge in [-0.3, -0.25) is 0 Å². The summed E-state index contributed by atoms with van der Waals surface area (Å²) in [5.74, 6) is 1.41. The first-order chi connectivity index (χ1) is 8.05. The van der Waals surface area contributed by atoms with E-state index in [1.54, 1.807) is 0 Å². The molecule has 0 bridgehead atoms. The molecule has 3 heteroatoms. The quantitative estimate of drug-likeness (QED) is 0.823. The fraction of sp³-hybridized carbons (Fsp3) is 1.00. The van der Waals surface area contributed by atoms with Gasteiger partial charge in [0, 0.05) is 0 Å². The van der Waals surface area contributed by atoms with E-state index in [9.17, 15) is 0 Å². The lowest BCUT2D eigenvalue weighted by Crippen LogP contribution is -2.49. The van der Waals surface area contributed by atoms with E-state index in [1.807, 2.05) is 13.8 Å². The average Bonchev–Trinajstić information content (AvgIpc) is 2.30. The zero-order valence-corrected chi connectivity index (χ0v) is 11.5. The van der Waals surface area contributed by atoms with Crippen LogP contribution in [0.4, 0.5) is 0 Å². The third-order valence-electron chi connectivity index (χ3n) is 4.09. The lowest BCUT2D eigenvalue weighted by molar-refractivity contribution is -0.253. The average molecular weight is 241 g/mol. The van der Waals surface area contributed by atoms with Gasteiger partial charge in [-0.25, -0.2) is 0 Å². The molecule has 0 aromatic carbocycles. The molecule has 0 aromatic rings. The van der Waals surface area contributed by atoms with Gasteiger partial charge >= 0.3 is 0 Å². The van der Waals surface area contributed by atoms with Crippen molar-refractivity contribution in [3.63, 3.8) is 0 Å². The maximum atomic E-state index is 5.65. The molecule has 100 valence electrons. The summed E-state index contributed by atoms with van der Waals surface area (Å²) < 4.78 is 11.3. The Hall–Kier alpha value is -0.120. The van der Waals surface area contributed by atoms with Crippen LogP contribution >= 0.6 is 0 Å². The second-order valence-corrected chi connectivity index (χ2v) is 6.25. The lowest BCUT2D eigenvalue weighted by Gasteiger charge is -2.36. The highest BCUT2D eigenvalue weighted by atomic mass is 16.7. The highest BCUT2D eigenvalue weighted by molar-refractivity contribution is 4.77. The molecule has 17 heavy (non-hydrogen) atoms. The summed E-state index contributed by atoms with van der Waals surface area (Å²) >= 11 is 0. The van der Waals surface area contributed by atoms with Gasteiger partial charge in [-0.05, 0) is 45.1 Å². The molecule has 2 rings (SSSR count). The molecule has 1 saturated heterocycles. The van der Waals surface area contributed by atoms with Crippen molar-refractivity contribution >= 4 is 0 Å². The summed E-state index contributed by atoms with van der Waals surface area (Å²) in [6, 6.07) is 0.377. The van der Waals surface area contributed by atoms with Crippen LogP contribution in [0.2, 0.25) is 0 Å². The van der Waals surface area contributed by atoms with Crippen LogP contribution in [0.15, 0.2) is 0 Å². The maximum Gasteiger partial charge on any atom is 0.162 e. The second-order valence-electron chi connectivity index (χ2n) is 6.25. The molecule has 1 saturated carbocycles. The minimum atomic E-state index is -0.390. The Kier molecular flexibility index (Phi) is 4.45. The highest BCUT2D eigenvalue weighted by Gasteiger charge is 2.28. The van der Waals surface area contributed by atoms with Crippen molar-refractivity contribution in [2.24, 2.45) is 11.8 Å². The van der Waals surface area contributed by atoms with E-state index in [2.05, 4.69) is 12.2 Å². The summed E-state index contributed by atoms with van der Waals surface area (Å²) in [6.07, 6.45) is 5.57. The molecule has 2 aliphatic rings. The number of rotatable bonds is 3. The molecule has 0 unspecified atom stereocenters. The van der Waals surface area contributed by atoms with Crippen LogP contribution in [0.25, 0.3) is 0 Å². The van der Waals surface area contributed by atoms with E-state index >= 15 is 0 Å². The van der Waals surface area contributed by atoms with Crippen LogP contribution in [0.3, 0.4) is 0 Å². The highest BCUT2D eigenvalue weighted by Crippen LogP contribution is 2.28. The predicted molar refractivity (Wildman–Crippen MR) is 68.9 cm³/mol. The lowest BCUT2D eigenvalue weighted by atomic mass is 9.83. The van der Waals surface area contributed by atoms with Crippen molar-refractivity contribution in [1.29, 1.82) is 0 Å². The van der Waals surface area contributed by atoms with Gasteiger partial charge in [0.25, 0.3) is 0 Å². The molecule has 1 heterocycles. The van der Waals surface area contributed by atoms with Gasteiger partial charge in [0.15, 0.2) is 5.79 Å². The Morgan fingerprint density at radius 2 is 1.65 bits per heavy atom. The Morgan fingerprint density at radius 1 is 1.06 bits per heavy atom. The van der Waals surface area contributed by atoms with Crippen LogP contribution in [0.1, 0.15) is 46.5 Å². The van der Waals surface area contributed by atoms with Gasteiger partial charge in [0.2, 0.25) is 0 Å². The van der Waals surface area contributed by atoms with Gasteiger partial charge in [-0.2, -0.15) is 0 Å². The summed E-state index contributed by atoms with van der Waals surface area (Å²) in [4.78, 5) is 0. The minimum absolute atomic E-state index is 0.377. The molecule has 1 aliphatic carbocycles. The van der Waals surface area contributed by atoms with Crippen LogP contribution in [0.5, 0.6) is 0 Å². The number of nitrogens with one attached hydrogen (secondary N) is 1. The van der Waals surface area contributed by atoms with Crippen molar-refractivity contribution in [2.45, 2.75) is 58.3 Å². The monoisotopic (exact) mass is 241 g/mol. The van der Waals surface area contributed by atoms with E-state index < -0.39 is 5.79 Å². The van der Waals surface area contributed by atoms with Crippen molar-refractivity contribution < 1.29 is 9.47 Å². The molecule has 1 N–H and O–H groups in total. The van der Waals surface area contributed by atoms with Crippen molar-refractivity contribution in [3.8, 4) is 0 Å². The van der Waals surface area contributed by atoms with E-state index in [0.29, 0.717) is 6.04 Å². The first-order valence-electron chi connectivity index (χ1n) is 7.06. The summed E-state index contributed by atoms with van der Waals surface area (Å²) in [7, 11) is 0. The predicted octanol–water partition coefficient (Wildman–Crippen LogP) is 2.55. The second kappa shape index (κ2) is 5.68. The first kappa shape index (κ1) is 13.3. The molecule has 0 radical (unpaired) electrons. The third-order valence-corrected chi connectivity index (χ3v) is 4.09. The minimum Gasteiger partial charge on any atom is -0.349 e. The number of hydrogen-bond acceptors (Lipinski definition) is 3. The molecular formula is C14H27NO2. The standard InChI is InChI=1S/C14H27NO2/c1-11-4-6-12(7-5-11)8-15-13-9-16-14(2,3)17-10-13/h11-13,15H,4-10H2,1-3H3. The molecule has 0 spiro atoms. The normalized spacial score (nSPS) is 34.8. The van der Waals surface area contributed by atoms with Crippen LogP contribution in [0, 0.1) is 11.8 Å². The molecule has 1 aliphatic heterocycles. The third kappa shape index (κ3) is 4.23. The number of hydrogen-bond donors (Lipinski definition) is 1. The molecule has 2 fully saturated rings. The molecule has 0 atom stereocenters. The van der Waals surface area contributed by atoms with Crippen molar-refractivity contribution in [2.75, 3.05) is 19.8 Å². The molecule has 3 nitrogen and oxygen atoms in total. The number of ether oxygens (including phenoxy) is 2. The Balaban J connectivity index is 1.63. The Bertz CT molecular complexity index is 224. The van der Waals surface area contributed by atoms with Gasteiger partial charge in [-0.15, -0.1) is 0 Å². The van der Waals surface area contributed by atoms with E-state index in [0.717, 1.165) is 31.6 Å². The van der Waals surface area contributed by atoms with Gasteiger partial charge in [0.1, 0.15) is 0 Å². The van der Waals surface area contributed by atoms with Crippen LogP contribution < -0.4 is 5.32 Å². The zero-order valence-electron chi connectivity index (χ0n) is 11.5. The Morgan fingerprint density at radius 3 is 2.24 bits per heavy atom. The van der Waals surface area contributed by atoms with E-state index in [1.165, 1.54) is 25.7 Å². The van der Waals surface area contributed by atoms with Crippen LogP contribution in [-0.2, 0) is 9.47 Å². The summed E-state index contributed by atoms with van der Waals surface area (Å²) in [6.45, 7) is 9.00. The summed E-state index contributed by atoms with van der Waals surface area (Å²) in [5.41, 5.74) is 0. The molecule has 0 amide bonds. The van der Waals surface area contributed by atoms with Crippen molar-refractivity contribution in [3.05, 3.63) is 0 Å². The maximum absolute atomic E-state index is 5.65. The van der Waals surface area contributed by atoms with Gasteiger partial charge in [-0.1, -0.05) is 19.8 Å². The molecular weight excluding hydrogens is 214 g/mol. The van der Waals surface area contributed by atoms with Crippen LogP contribution in [-0.4, -0.2) is 31.6 Å². The topological polar surface area (TPSA) is 30.5 Å². The van der Waals surface area contributed by atoms with Gasteiger partial charge < -0.3 is 14.8 Å². The SMILES string of the molecule is CC1CCC(CNC2COC(C)(C)OC2)CC1. The first-order valence-corrected chi connectivity index (χ1v) is 7.06. The zero-order chi connectivity index (χ0) is 12.3. The fourth-order valence-electron chi connectivity index (χ4n) is 2.68.